The summed E-state index contributed by atoms with van der Waals surface area (Å²) in [5.74, 6) is -2.59. The van der Waals surface area contributed by atoms with Gasteiger partial charge in [-0.25, -0.2) is 9.36 Å². The second-order valence-electron chi connectivity index (χ2n) is 13.3. The monoisotopic (exact) mass is 771 g/mol. The Morgan fingerprint density at radius 1 is 0.582 bits per heavy atom. The lowest BCUT2D eigenvalue weighted by Gasteiger charge is -2.26. The molecule has 0 saturated carbocycles. The Hall–Kier alpha value is -5.13. The molecule has 0 spiro atoms. The number of carbonyl (C=O) groups excluding carboxylic acids is 4. The molecule has 0 bridgehead atoms. The first kappa shape index (κ1) is 42.6. The summed E-state index contributed by atoms with van der Waals surface area (Å²) in [6, 6.07) is 33.5. The summed E-state index contributed by atoms with van der Waals surface area (Å²) < 4.78 is 35.6. The molecular formula is C42H50N3O9P. The van der Waals surface area contributed by atoms with E-state index in [2.05, 4.69) is 16.0 Å². The van der Waals surface area contributed by atoms with E-state index < -0.39 is 56.2 Å². The maximum absolute atomic E-state index is 13.9. The Morgan fingerprint density at radius 2 is 1.04 bits per heavy atom. The van der Waals surface area contributed by atoms with Gasteiger partial charge in [-0.05, 0) is 47.4 Å². The average molecular weight is 772 g/mol. The number of carbonyl (C=O) groups is 4. The molecule has 0 fully saturated rings. The van der Waals surface area contributed by atoms with Crippen LogP contribution in [0.1, 0.15) is 48.9 Å². The number of methoxy groups -OCH3 is 1. The van der Waals surface area contributed by atoms with Crippen molar-refractivity contribution in [2.24, 2.45) is 5.92 Å². The summed E-state index contributed by atoms with van der Waals surface area (Å²) in [5, 5.41) is 8.25. The molecule has 4 aromatic carbocycles. The van der Waals surface area contributed by atoms with Gasteiger partial charge in [0.25, 0.3) is 0 Å². The van der Waals surface area contributed by atoms with Gasteiger partial charge in [0.15, 0.2) is 0 Å². The lowest BCUT2D eigenvalue weighted by molar-refractivity contribution is -0.145. The highest BCUT2D eigenvalue weighted by molar-refractivity contribution is 7.48. The SMILES string of the molecule is COC(=O)[C@H](Cc1ccccc1)NC(=O)[C@H](CC(C)C)NC(=O)[C@H](CCc1ccccc1)NC(=O)COP(=O)(OCc1ccccc1)OCc1ccccc1. The van der Waals surface area contributed by atoms with Crippen LogP contribution in [0, 0.1) is 5.92 Å². The molecule has 3 N–H and O–H groups in total. The number of esters is 1. The summed E-state index contributed by atoms with van der Waals surface area (Å²) in [7, 11) is -3.04. The second kappa shape index (κ2) is 22.3. The summed E-state index contributed by atoms with van der Waals surface area (Å²) in [6.07, 6.45) is 1.02. The molecular weight excluding hydrogens is 721 g/mol. The Labute approximate surface area is 322 Å². The van der Waals surface area contributed by atoms with E-state index in [1.165, 1.54) is 7.11 Å². The summed E-state index contributed by atoms with van der Waals surface area (Å²) in [4.78, 5) is 53.8. The number of nitrogens with one attached hydrogen (secondary N) is 3. The van der Waals surface area contributed by atoms with Gasteiger partial charge in [0.2, 0.25) is 17.7 Å². The first-order chi connectivity index (χ1) is 26.5. The number of aryl methyl sites for hydroxylation is 1. The lowest BCUT2D eigenvalue weighted by atomic mass is 10.00. The molecule has 4 aromatic rings. The largest absolute Gasteiger partial charge is 0.475 e. The molecule has 55 heavy (non-hydrogen) atoms. The number of hydrogen-bond acceptors (Lipinski definition) is 9. The van der Waals surface area contributed by atoms with Crippen molar-refractivity contribution in [3.63, 3.8) is 0 Å². The van der Waals surface area contributed by atoms with Crippen LogP contribution in [0.3, 0.4) is 0 Å². The highest BCUT2D eigenvalue weighted by atomic mass is 31.2. The van der Waals surface area contributed by atoms with Gasteiger partial charge in [0.05, 0.1) is 20.3 Å². The predicted octanol–water partition coefficient (Wildman–Crippen LogP) is 6.09. The Kier molecular flexibility index (Phi) is 17.3. The molecule has 3 atom stereocenters. The van der Waals surface area contributed by atoms with Crippen LogP contribution in [0.2, 0.25) is 0 Å². The van der Waals surface area contributed by atoms with E-state index in [0.717, 1.165) is 22.3 Å². The fraction of sp³-hybridized carbons (Fsp3) is 0.333. The predicted molar refractivity (Wildman–Crippen MR) is 208 cm³/mol. The van der Waals surface area contributed by atoms with Gasteiger partial charge in [-0.2, -0.15) is 0 Å². The Bertz CT molecular complexity index is 1780. The van der Waals surface area contributed by atoms with Gasteiger partial charge in [0, 0.05) is 6.42 Å². The molecule has 0 aromatic heterocycles. The van der Waals surface area contributed by atoms with E-state index in [1.54, 1.807) is 48.5 Å². The number of phosphoric acid groups is 1. The minimum atomic E-state index is -4.29. The van der Waals surface area contributed by atoms with Gasteiger partial charge in [0.1, 0.15) is 24.7 Å². The van der Waals surface area contributed by atoms with Crippen molar-refractivity contribution in [1.29, 1.82) is 0 Å². The average Bonchev–Trinajstić information content (AvgIpc) is 3.20. The van der Waals surface area contributed by atoms with E-state index in [4.69, 9.17) is 18.3 Å². The summed E-state index contributed by atoms with van der Waals surface area (Å²) in [5.41, 5.74) is 3.18. The molecule has 3 amide bonds. The molecule has 0 aliphatic carbocycles. The molecule has 4 rings (SSSR count). The van der Waals surface area contributed by atoms with Crippen molar-refractivity contribution in [3.8, 4) is 0 Å². The first-order valence-electron chi connectivity index (χ1n) is 18.2. The van der Waals surface area contributed by atoms with Gasteiger partial charge >= 0.3 is 13.8 Å². The van der Waals surface area contributed by atoms with Crippen molar-refractivity contribution < 1.29 is 42.1 Å². The number of hydrogen-bond donors (Lipinski definition) is 3. The van der Waals surface area contributed by atoms with Gasteiger partial charge < -0.3 is 20.7 Å². The van der Waals surface area contributed by atoms with Crippen LogP contribution < -0.4 is 16.0 Å². The zero-order valence-electron chi connectivity index (χ0n) is 31.4. The Balaban J connectivity index is 1.47. The minimum Gasteiger partial charge on any atom is -0.467 e. The number of phosphoric ester groups is 1. The van der Waals surface area contributed by atoms with Crippen molar-refractivity contribution in [3.05, 3.63) is 144 Å². The first-order valence-corrected chi connectivity index (χ1v) is 19.7. The number of rotatable bonds is 22. The molecule has 0 unspecified atom stereocenters. The molecule has 0 heterocycles. The molecule has 12 nitrogen and oxygen atoms in total. The summed E-state index contributed by atoms with van der Waals surface area (Å²) >= 11 is 0. The fourth-order valence-electron chi connectivity index (χ4n) is 5.60. The Morgan fingerprint density at radius 3 is 1.53 bits per heavy atom. The summed E-state index contributed by atoms with van der Waals surface area (Å²) in [6.45, 7) is 2.86. The van der Waals surface area contributed by atoms with E-state index in [9.17, 15) is 23.7 Å². The van der Waals surface area contributed by atoms with Crippen molar-refractivity contribution in [1.82, 2.24) is 16.0 Å². The van der Waals surface area contributed by atoms with Crippen LogP contribution in [0.25, 0.3) is 0 Å². The van der Waals surface area contributed by atoms with Crippen LogP contribution >= 0.6 is 7.82 Å². The standard InChI is InChI=1S/C42H50N3O9P/c1-31(2)26-37(41(48)45-38(42(49)51-3)27-33-18-10-5-11-19-33)44-40(47)36(25-24-32-16-8-4-9-17-32)43-39(46)30-54-55(50,52-28-34-20-12-6-13-21-34)53-29-35-22-14-7-15-23-35/h4-23,31,36-38H,24-30H2,1-3H3,(H,43,46)(H,44,47)(H,45,48)/t36-,37-,38-/m0/s1. The normalized spacial score (nSPS) is 12.9. The molecule has 0 aliphatic rings. The van der Waals surface area contributed by atoms with Crippen LogP contribution in [-0.4, -0.2) is 55.5 Å². The highest BCUT2D eigenvalue weighted by Crippen LogP contribution is 2.50. The third kappa shape index (κ3) is 15.3. The third-order valence-corrected chi connectivity index (χ3v) is 9.80. The van der Waals surface area contributed by atoms with Gasteiger partial charge in [-0.3, -0.25) is 28.0 Å². The third-order valence-electron chi connectivity index (χ3n) is 8.46. The van der Waals surface area contributed by atoms with Gasteiger partial charge in [-0.15, -0.1) is 0 Å². The van der Waals surface area contributed by atoms with Crippen LogP contribution in [-0.2, 0) is 68.1 Å². The van der Waals surface area contributed by atoms with Crippen LogP contribution in [0.5, 0.6) is 0 Å². The van der Waals surface area contributed by atoms with Crippen LogP contribution in [0.4, 0.5) is 0 Å². The van der Waals surface area contributed by atoms with Crippen molar-refractivity contribution >= 4 is 31.5 Å². The van der Waals surface area contributed by atoms with Gasteiger partial charge in [-0.1, -0.05) is 135 Å². The molecule has 0 saturated heterocycles. The maximum atomic E-state index is 13.9. The second-order valence-corrected chi connectivity index (χ2v) is 15.0. The molecule has 13 heteroatoms. The quantitative estimate of drug-likeness (QED) is 0.0635. The fourth-order valence-corrected chi connectivity index (χ4v) is 6.71. The zero-order chi connectivity index (χ0) is 39.5. The maximum Gasteiger partial charge on any atom is 0.475 e. The molecule has 0 aliphatic heterocycles. The highest BCUT2D eigenvalue weighted by Gasteiger charge is 2.32. The lowest BCUT2D eigenvalue weighted by Crippen LogP contribution is -2.56. The van der Waals surface area contributed by atoms with E-state index >= 15 is 0 Å². The number of amides is 3. The number of benzene rings is 4. The van der Waals surface area contributed by atoms with Crippen molar-refractivity contribution in [2.45, 2.75) is 70.9 Å². The smallest absolute Gasteiger partial charge is 0.467 e. The minimum absolute atomic E-state index is 0.0200. The topological polar surface area (TPSA) is 158 Å². The number of ether oxygens (including phenoxy) is 1. The van der Waals surface area contributed by atoms with Crippen LogP contribution in [0.15, 0.2) is 121 Å². The van der Waals surface area contributed by atoms with E-state index in [0.29, 0.717) is 6.42 Å². The van der Waals surface area contributed by atoms with Crippen molar-refractivity contribution in [2.75, 3.05) is 13.7 Å². The zero-order valence-corrected chi connectivity index (χ0v) is 32.3. The van der Waals surface area contributed by atoms with E-state index in [1.807, 2.05) is 86.6 Å². The molecule has 0 radical (unpaired) electrons. The van der Waals surface area contributed by atoms with E-state index in [-0.39, 0.29) is 38.4 Å². The molecule has 292 valence electrons.